The summed E-state index contributed by atoms with van der Waals surface area (Å²) in [6, 6.07) is 3.38. The summed E-state index contributed by atoms with van der Waals surface area (Å²) in [7, 11) is 0. The molecule has 0 saturated carbocycles. The third-order valence-corrected chi connectivity index (χ3v) is 3.63. The van der Waals surface area contributed by atoms with E-state index < -0.39 is 0 Å². The zero-order chi connectivity index (χ0) is 13.9. The van der Waals surface area contributed by atoms with Gasteiger partial charge in [0.25, 0.3) is 5.91 Å². The number of nitrogens with zero attached hydrogens (tertiary/aromatic N) is 1. The predicted molar refractivity (Wildman–Crippen MR) is 74.3 cm³/mol. The molecule has 1 aliphatic rings. The second kappa shape index (κ2) is 5.88. The van der Waals surface area contributed by atoms with Gasteiger partial charge >= 0.3 is 0 Å². The van der Waals surface area contributed by atoms with Crippen LogP contribution in [0.15, 0.2) is 18.3 Å². The zero-order valence-corrected chi connectivity index (χ0v) is 12.0. The van der Waals surface area contributed by atoms with Crippen molar-refractivity contribution in [2.24, 2.45) is 5.92 Å². The largest absolute Gasteiger partial charge is 0.376 e. The summed E-state index contributed by atoms with van der Waals surface area (Å²) in [6.07, 6.45) is 3.49. The van der Waals surface area contributed by atoms with Crippen LogP contribution in [0.1, 0.15) is 37.2 Å². The SMILES string of the molecule is CC1(C)CC(CNC(=O)c2ncccc2Cl)CCO1. The Hall–Kier alpha value is -1.13. The van der Waals surface area contributed by atoms with Gasteiger partial charge in [0.05, 0.1) is 10.6 Å². The van der Waals surface area contributed by atoms with E-state index in [0.29, 0.717) is 17.5 Å². The van der Waals surface area contributed by atoms with Crippen LogP contribution in [-0.4, -0.2) is 29.6 Å². The highest BCUT2D eigenvalue weighted by atomic mass is 35.5. The van der Waals surface area contributed by atoms with Crippen molar-refractivity contribution in [3.05, 3.63) is 29.0 Å². The van der Waals surface area contributed by atoms with Crippen LogP contribution in [0.3, 0.4) is 0 Å². The molecule has 4 nitrogen and oxygen atoms in total. The minimum atomic E-state index is -0.213. The van der Waals surface area contributed by atoms with Gasteiger partial charge in [0.15, 0.2) is 0 Å². The molecule has 19 heavy (non-hydrogen) atoms. The first-order valence-corrected chi connectivity index (χ1v) is 6.88. The standard InChI is InChI=1S/C14H19ClN2O2/c1-14(2)8-10(5-7-19-14)9-17-13(18)12-11(15)4-3-6-16-12/h3-4,6,10H,5,7-9H2,1-2H3,(H,17,18). The van der Waals surface area contributed by atoms with Crippen LogP contribution in [0, 0.1) is 5.92 Å². The molecule has 1 aromatic rings. The molecule has 0 radical (unpaired) electrons. The average Bonchev–Trinajstić information content (AvgIpc) is 2.35. The fourth-order valence-electron chi connectivity index (χ4n) is 2.41. The molecule has 1 unspecified atom stereocenters. The quantitative estimate of drug-likeness (QED) is 0.927. The maximum atomic E-state index is 12.0. The molecule has 2 heterocycles. The Morgan fingerprint density at radius 2 is 2.42 bits per heavy atom. The van der Waals surface area contributed by atoms with Gasteiger partial charge < -0.3 is 10.1 Å². The molecule has 1 fully saturated rings. The van der Waals surface area contributed by atoms with Gasteiger partial charge in [0, 0.05) is 19.3 Å². The van der Waals surface area contributed by atoms with E-state index >= 15 is 0 Å². The van der Waals surface area contributed by atoms with E-state index in [1.807, 2.05) is 0 Å². The number of amides is 1. The number of rotatable bonds is 3. The molecule has 0 bridgehead atoms. The molecular weight excluding hydrogens is 264 g/mol. The summed E-state index contributed by atoms with van der Waals surface area (Å²) >= 11 is 5.94. The molecule has 1 aliphatic heterocycles. The van der Waals surface area contributed by atoms with Gasteiger partial charge in [-0.25, -0.2) is 4.98 Å². The van der Waals surface area contributed by atoms with Crippen molar-refractivity contribution in [3.63, 3.8) is 0 Å². The van der Waals surface area contributed by atoms with Crippen LogP contribution < -0.4 is 5.32 Å². The van der Waals surface area contributed by atoms with Gasteiger partial charge in [-0.3, -0.25) is 4.79 Å². The molecule has 2 rings (SSSR count). The van der Waals surface area contributed by atoms with Crippen molar-refractivity contribution in [3.8, 4) is 0 Å². The predicted octanol–water partition coefficient (Wildman–Crippen LogP) is 2.67. The number of carbonyl (C=O) groups is 1. The Morgan fingerprint density at radius 1 is 1.63 bits per heavy atom. The highest BCUT2D eigenvalue weighted by Crippen LogP contribution is 2.28. The van der Waals surface area contributed by atoms with E-state index in [9.17, 15) is 4.79 Å². The van der Waals surface area contributed by atoms with Gasteiger partial charge in [0.1, 0.15) is 5.69 Å². The molecule has 1 amide bonds. The molecule has 104 valence electrons. The zero-order valence-electron chi connectivity index (χ0n) is 11.3. The summed E-state index contributed by atoms with van der Waals surface area (Å²) in [5.74, 6) is 0.227. The molecular formula is C14H19ClN2O2. The van der Waals surface area contributed by atoms with Crippen molar-refractivity contribution in [1.29, 1.82) is 0 Å². The van der Waals surface area contributed by atoms with E-state index in [-0.39, 0.29) is 17.2 Å². The van der Waals surface area contributed by atoms with Crippen LogP contribution >= 0.6 is 11.6 Å². The minimum Gasteiger partial charge on any atom is -0.376 e. The van der Waals surface area contributed by atoms with E-state index in [1.165, 1.54) is 0 Å². The van der Waals surface area contributed by atoms with Gasteiger partial charge in [0.2, 0.25) is 0 Å². The van der Waals surface area contributed by atoms with Crippen molar-refractivity contribution in [2.45, 2.75) is 32.3 Å². The lowest BCUT2D eigenvalue weighted by Crippen LogP contribution is -2.39. The smallest absolute Gasteiger partial charge is 0.271 e. The molecule has 1 saturated heterocycles. The number of aromatic nitrogens is 1. The number of halogens is 1. The Labute approximate surface area is 118 Å². The Kier molecular flexibility index (Phi) is 4.42. The minimum absolute atomic E-state index is 0.101. The lowest BCUT2D eigenvalue weighted by Gasteiger charge is -2.35. The number of ether oxygens (including phenoxy) is 1. The maximum absolute atomic E-state index is 12.0. The first-order chi connectivity index (χ1) is 8.98. The highest BCUT2D eigenvalue weighted by molar-refractivity contribution is 6.33. The Balaban J connectivity index is 1.89. The van der Waals surface area contributed by atoms with Crippen molar-refractivity contribution in [1.82, 2.24) is 10.3 Å². The molecule has 0 spiro atoms. The molecule has 1 aromatic heterocycles. The van der Waals surface area contributed by atoms with Gasteiger partial charge in [-0.05, 0) is 44.7 Å². The number of pyridine rings is 1. The molecule has 1 N–H and O–H groups in total. The van der Waals surface area contributed by atoms with Crippen LogP contribution in [0.4, 0.5) is 0 Å². The van der Waals surface area contributed by atoms with Crippen molar-refractivity contribution >= 4 is 17.5 Å². The number of hydrogen-bond donors (Lipinski definition) is 1. The number of carbonyl (C=O) groups excluding carboxylic acids is 1. The Morgan fingerprint density at radius 3 is 3.11 bits per heavy atom. The van der Waals surface area contributed by atoms with E-state index in [2.05, 4.69) is 24.1 Å². The van der Waals surface area contributed by atoms with E-state index in [4.69, 9.17) is 16.3 Å². The number of nitrogens with one attached hydrogen (secondary N) is 1. The fraction of sp³-hybridized carbons (Fsp3) is 0.571. The van der Waals surface area contributed by atoms with Crippen LogP contribution in [0.25, 0.3) is 0 Å². The third kappa shape index (κ3) is 3.91. The first-order valence-electron chi connectivity index (χ1n) is 6.50. The lowest BCUT2D eigenvalue weighted by atomic mass is 9.88. The summed E-state index contributed by atoms with van der Waals surface area (Å²) < 4.78 is 5.66. The van der Waals surface area contributed by atoms with Crippen molar-refractivity contribution in [2.75, 3.05) is 13.2 Å². The molecule has 5 heteroatoms. The maximum Gasteiger partial charge on any atom is 0.271 e. The first kappa shape index (κ1) is 14.3. The Bertz CT molecular complexity index is 463. The summed E-state index contributed by atoms with van der Waals surface area (Å²) in [5.41, 5.74) is 0.187. The fourth-order valence-corrected chi connectivity index (χ4v) is 2.61. The van der Waals surface area contributed by atoms with Crippen molar-refractivity contribution < 1.29 is 9.53 Å². The summed E-state index contributed by atoms with van der Waals surface area (Å²) in [5, 5.41) is 3.29. The normalized spacial score (nSPS) is 21.9. The second-order valence-electron chi connectivity index (χ2n) is 5.51. The monoisotopic (exact) mass is 282 g/mol. The highest BCUT2D eigenvalue weighted by Gasteiger charge is 2.29. The second-order valence-corrected chi connectivity index (χ2v) is 5.92. The topological polar surface area (TPSA) is 51.2 Å². The van der Waals surface area contributed by atoms with Gasteiger partial charge in [-0.15, -0.1) is 0 Å². The molecule has 0 aliphatic carbocycles. The van der Waals surface area contributed by atoms with Crippen LogP contribution in [0.5, 0.6) is 0 Å². The van der Waals surface area contributed by atoms with E-state index in [0.717, 1.165) is 19.4 Å². The van der Waals surface area contributed by atoms with Crippen LogP contribution in [0.2, 0.25) is 5.02 Å². The van der Waals surface area contributed by atoms with Gasteiger partial charge in [-0.1, -0.05) is 11.6 Å². The van der Waals surface area contributed by atoms with Gasteiger partial charge in [-0.2, -0.15) is 0 Å². The van der Waals surface area contributed by atoms with E-state index in [1.54, 1.807) is 18.3 Å². The lowest BCUT2D eigenvalue weighted by molar-refractivity contribution is -0.0715. The van der Waals surface area contributed by atoms with Crippen LogP contribution in [-0.2, 0) is 4.74 Å². The molecule has 1 atom stereocenters. The third-order valence-electron chi connectivity index (χ3n) is 3.32. The molecule has 0 aromatic carbocycles. The number of hydrogen-bond acceptors (Lipinski definition) is 3. The average molecular weight is 283 g/mol. The summed E-state index contributed by atoms with van der Waals surface area (Å²) in [6.45, 7) is 5.55. The summed E-state index contributed by atoms with van der Waals surface area (Å²) in [4.78, 5) is 16.0.